The summed E-state index contributed by atoms with van der Waals surface area (Å²) in [7, 11) is 0. The van der Waals surface area contributed by atoms with Crippen molar-refractivity contribution in [1.82, 2.24) is 0 Å². The fourth-order valence-corrected chi connectivity index (χ4v) is 6.35. The summed E-state index contributed by atoms with van der Waals surface area (Å²) in [6.07, 6.45) is 12.1. The summed E-state index contributed by atoms with van der Waals surface area (Å²) in [6, 6.07) is 0. The molecule has 3 fully saturated rings. The van der Waals surface area contributed by atoms with Crippen LogP contribution in [-0.4, -0.2) is 24.8 Å². The van der Waals surface area contributed by atoms with Crippen molar-refractivity contribution in [2.24, 2.45) is 22.2 Å². The molecule has 0 bridgehead atoms. The van der Waals surface area contributed by atoms with E-state index >= 15 is 0 Å². The molecule has 3 heteroatoms. The van der Waals surface area contributed by atoms with Crippen LogP contribution in [0.1, 0.15) is 79.1 Å². The van der Waals surface area contributed by atoms with E-state index in [-0.39, 0.29) is 17.4 Å². The maximum atomic E-state index is 11.1. The van der Waals surface area contributed by atoms with E-state index < -0.39 is 0 Å². The Morgan fingerprint density at radius 2 is 1.80 bits per heavy atom. The summed E-state index contributed by atoms with van der Waals surface area (Å²) in [5.74, 6) is 0.540. The number of hydrogen-bond donors (Lipinski definition) is 0. The lowest BCUT2D eigenvalue weighted by Gasteiger charge is -2.66. The summed E-state index contributed by atoms with van der Waals surface area (Å²) in [4.78, 5) is 21.8. The topological polar surface area (TPSA) is 46.7 Å². The molecule has 1 spiro atoms. The van der Waals surface area contributed by atoms with E-state index in [1.807, 2.05) is 6.08 Å². The lowest BCUT2D eigenvalue weighted by atomic mass is 9.38. The van der Waals surface area contributed by atoms with Gasteiger partial charge in [-0.15, -0.1) is 0 Å². The molecule has 1 heterocycles. The Morgan fingerprint density at radius 1 is 1.08 bits per heavy atom. The molecule has 3 rings (SSSR count). The van der Waals surface area contributed by atoms with Gasteiger partial charge in [0.25, 0.3) is 0 Å². The van der Waals surface area contributed by atoms with Crippen LogP contribution in [0, 0.1) is 22.2 Å². The molecular formula is C22H34O3. The fraction of sp³-hybridized carbons (Fsp3) is 0.818. The highest BCUT2D eigenvalue weighted by molar-refractivity contribution is 5.78. The second kappa shape index (κ2) is 6.33. The number of rotatable bonds is 6. The molecule has 4 unspecified atom stereocenters. The van der Waals surface area contributed by atoms with E-state index in [0.29, 0.717) is 22.3 Å². The number of aldehydes is 2. The SMILES string of the molecule is CC1(C)CCCC2(C)C(CCC=C(C=O)CC=O)C3(CCC12C)CO3. The Kier molecular flexibility index (Phi) is 4.77. The molecule has 0 aromatic carbocycles. The third-order valence-electron chi connectivity index (χ3n) is 8.55. The lowest BCUT2D eigenvalue weighted by Crippen LogP contribution is -2.60. The molecule has 1 aliphatic heterocycles. The van der Waals surface area contributed by atoms with E-state index in [4.69, 9.17) is 4.74 Å². The van der Waals surface area contributed by atoms with Crippen molar-refractivity contribution in [1.29, 1.82) is 0 Å². The van der Waals surface area contributed by atoms with Gasteiger partial charge in [-0.2, -0.15) is 0 Å². The highest BCUT2D eigenvalue weighted by Crippen LogP contribution is 2.72. The molecule has 0 N–H and O–H groups in total. The Morgan fingerprint density at radius 3 is 2.40 bits per heavy atom. The molecule has 2 saturated carbocycles. The molecule has 1 saturated heterocycles. The Balaban J connectivity index is 1.85. The standard InChI is InChI=1S/C22H34O3/c1-19(2)10-6-11-20(3)18(8-5-7-17(15-24)9-14-23)22(16-25-22)13-12-21(19,20)4/h7,14-15,18H,5-6,8-13,16H2,1-4H3. The van der Waals surface area contributed by atoms with Crippen LogP contribution >= 0.6 is 0 Å². The van der Waals surface area contributed by atoms with E-state index in [0.717, 1.165) is 32.0 Å². The van der Waals surface area contributed by atoms with Crippen LogP contribution < -0.4 is 0 Å². The molecule has 25 heavy (non-hydrogen) atoms. The van der Waals surface area contributed by atoms with Gasteiger partial charge in [-0.05, 0) is 66.3 Å². The first-order valence-electron chi connectivity index (χ1n) is 9.96. The first kappa shape index (κ1) is 18.8. The first-order chi connectivity index (χ1) is 11.7. The van der Waals surface area contributed by atoms with E-state index in [1.54, 1.807) is 0 Å². The Bertz CT molecular complexity index is 572. The average molecular weight is 347 g/mol. The molecule has 0 aromatic heterocycles. The monoisotopic (exact) mass is 346 g/mol. The number of fused-ring (bicyclic) bond motifs is 1. The Labute approximate surface area is 152 Å². The second-order valence-electron chi connectivity index (χ2n) is 9.74. The average Bonchev–Trinajstić information content (AvgIpc) is 3.33. The Hall–Kier alpha value is -0.960. The molecule has 3 nitrogen and oxygen atoms in total. The fourth-order valence-electron chi connectivity index (χ4n) is 6.35. The van der Waals surface area contributed by atoms with Crippen LogP contribution in [0.5, 0.6) is 0 Å². The van der Waals surface area contributed by atoms with Gasteiger partial charge in [0.2, 0.25) is 0 Å². The largest absolute Gasteiger partial charge is 0.369 e. The maximum Gasteiger partial charge on any atom is 0.146 e. The van der Waals surface area contributed by atoms with Crippen LogP contribution in [0.15, 0.2) is 11.6 Å². The third kappa shape index (κ3) is 2.83. The van der Waals surface area contributed by atoms with Crippen molar-refractivity contribution in [3.8, 4) is 0 Å². The van der Waals surface area contributed by atoms with E-state index in [1.165, 1.54) is 32.1 Å². The minimum absolute atomic E-state index is 0.0848. The van der Waals surface area contributed by atoms with Crippen LogP contribution in [0.3, 0.4) is 0 Å². The van der Waals surface area contributed by atoms with Crippen molar-refractivity contribution in [3.63, 3.8) is 0 Å². The number of carbonyl (C=O) groups excluding carboxylic acids is 2. The van der Waals surface area contributed by atoms with Crippen molar-refractivity contribution in [2.75, 3.05) is 6.61 Å². The van der Waals surface area contributed by atoms with E-state index in [9.17, 15) is 9.59 Å². The maximum absolute atomic E-state index is 11.1. The minimum Gasteiger partial charge on any atom is -0.369 e. The van der Waals surface area contributed by atoms with Crippen molar-refractivity contribution < 1.29 is 14.3 Å². The molecule has 0 aromatic rings. The van der Waals surface area contributed by atoms with Crippen LogP contribution in [0.4, 0.5) is 0 Å². The summed E-state index contributed by atoms with van der Waals surface area (Å²) in [5.41, 5.74) is 1.68. The minimum atomic E-state index is 0.0848. The number of epoxide rings is 1. The first-order valence-corrected chi connectivity index (χ1v) is 9.96. The predicted octanol–water partition coefficient (Wildman–Crippen LogP) is 4.88. The second-order valence-corrected chi connectivity index (χ2v) is 9.74. The zero-order valence-electron chi connectivity index (χ0n) is 16.4. The van der Waals surface area contributed by atoms with Crippen molar-refractivity contribution >= 4 is 12.6 Å². The number of allylic oxidation sites excluding steroid dienone is 2. The van der Waals surface area contributed by atoms with Gasteiger partial charge in [0.1, 0.15) is 12.6 Å². The van der Waals surface area contributed by atoms with Gasteiger partial charge >= 0.3 is 0 Å². The highest BCUT2D eigenvalue weighted by atomic mass is 16.6. The summed E-state index contributed by atoms with van der Waals surface area (Å²) in [6.45, 7) is 10.9. The predicted molar refractivity (Wildman–Crippen MR) is 99.3 cm³/mol. The van der Waals surface area contributed by atoms with Gasteiger partial charge in [0.15, 0.2) is 0 Å². The normalized spacial score (nSPS) is 42.7. The number of ether oxygens (including phenoxy) is 1. The van der Waals surface area contributed by atoms with Gasteiger partial charge in [-0.3, -0.25) is 4.79 Å². The van der Waals surface area contributed by atoms with Gasteiger partial charge in [-0.25, -0.2) is 0 Å². The van der Waals surface area contributed by atoms with E-state index in [2.05, 4.69) is 27.7 Å². The highest BCUT2D eigenvalue weighted by Gasteiger charge is 2.69. The van der Waals surface area contributed by atoms with Gasteiger partial charge in [0.05, 0.1) is 12.2 Å². The van der Waals surface area contributed by atoms with Crippen molar-refractivity contribution in [2.45, 2.75) is 84.7 Å². The summed E-state index contributed by atoms with van der Waals surface area (Å²) < 4.78 is 6.06. The van der Waals surface area contributed by atoms with Gasteiger partial charge in [-0.1, -0.05) is 40.2 Å². The molecule has 2 aliphatic carbocycles. The third-order valence-corrected chi connectivity index (χ3v) is 8.55. The molecule has 4 atom stereocenters. The molecule has 3 aliphatic rings. The lowest BCUT2D eigenvalue weighted by molar-refractivity contribution is -0.175. The van der Waals surface area contributed by atoms with Crippen molar-refractivity contribution in [3.05, 3.63) is 11.6 Å². The summed E-state index contributed by atoms with van der Waals surface area (Å²) in [5, 5.41) is 0. The van der Waals surface area contributed by atoms with Crippen LogP contribution in [0.2, 0.25) is 0 Å². The number of hydrogen-bond acceptors (Lipinski definition) is 3. The van der Waals surface area contributed by atoms with Gasteiger partial charge in [0, 0.05) is 6.42 Å². The summed E-state index contributed by atoms with van der Waals surface area (Å²) >= 11 is 0. The number of carbonyl (C=O) groups is 2. The molecule has 0 amide bonds. The van der Waals surface area contributed by atoms with Gasteiger partial charge < -0.3 is 9.53 Å². The molecular weight excluding hydrogens is 312 g/mol. The quantitative estimate of drug-likeness (QED) is 0.391. The van der Waals surface area contributed by atoms with Crippen LogP contribution in [-0.2, 0) is 14.3 Å². The molecule has 0 radical (unpaired) electrons. The smallest absolute Gasteiger partial charge is 0.146 e. The zero-order chi connectivity index (χ0) is 18.3. The zero-order valence-corrected chi connectivity index (χ0v) is 16.4. The molecule has 140 valence electrons. The van der Waals surface area contributed by atoms with Crippen LogP contribution in [0.25, 0.3) is 0 Å².